The lowest BCUT2D eigenvalue weighted by atomic mass is 9.89. The molecule has 1 aliphatic rings. The number of hydrogen-bond acceptors (Lipinski definition) is 5. The van der Waals surface area contributed by atoms with E-state index in [4.69, 9.17) is 23.1 Å². The van der Waals surface area contributed by atoms with Crippen molar-refractivity contribution in [2.75, 3.05) is 29.5 Å². The van der Waals surface area contributed by atoms with Crippen molar-refractivity contribution in [3.63, 3.8) is 0 Å². The molecule has 1 saturated heterocycles. The molecule has 4 aromatic carbocycles. The van der Waals surface area contributed by atoms with E-state index in [2.05, 4.69) is 22.5 Å². The van der Waals surface area contributed by atoms with Crippen LogP contribution in [0.25, 0.3) is 11.1 Å². The minimum absolute atomic E-state index is 0.0893. The molecule has 0 radical (unpaired) electrons. The van der Waals surface area contributed by atoms with Gasteiger partial charge in [-0.1, -0.05) is 60.1 Å². The first kappa shape index (κ1) is 29.3. The topological polar surface area (TPSA) is 113 Å². The summed E-state index contributed by atoms with van der Waals surface area (Å²) < 4.78 is 0. The summed E-state index contributed by atoms with van der Waals surface area (Å²) >= 11 is 6.02. The number of halogens is 1. The second-order valence-electron chi connectivity index (χ2n) is 11.2. The molecule has 6 N–H and O–H groups in total. The highest BCUT2D eigenvalue weighted by Gasteiger charge is 2.33. The maximum Gasteiger partial charge on any atom is 0.255 e. The van der Waals surface area contributed by atoms with E-state index in [9.17, 15) is 9.59 Å². The molecule has 1 atom stereocenters. The van der Waals surface area contributed by atoms with Crippen LogP contribution in [0.15, 0.2) is 97.1 Å². The van der Waals surface area contributed by atoms with Crippen molar-refractivity contribution in [2.45, 2.75) is 37.8 Å². The number of nitrogen functional groups attached to an aromatic ring is 1. The molecule has 0 spiro atoms. The number of benzene rings is 4. The Kier molecular flexibility index (Phi) is 8.92. The summed E-state index contributed by atoms with van der Waals surface area (Å²) in [6.45, 7) is 3.52. The number of nitrogens with one attached hydrogen (secondary N) is 2. The van der Waals surface area contributed by atoms with E-state index in [0.717, 1.165) is 42.6 Å². The molecule has 1 fully saturated rings. The van der Waals surface area contributed by atoms with Crippen LogP contribution in [0.1, 0.15) is 35.7 Å². The van der Waals surface area contributed by atoms with Crippen molar-refractivity contribution in [2.24, 2.45) is 5.73 Å². The zero-order chi connectivity index (χ0) is 29.7. The number of carbonyl (C=O) groups excluding carboxylic acids is 2. The van der Waals surface area contributed by atoms with Gasteiger partial charge in [-0.25, -0.2) is 0 Å². The van der Waals surface area contributed by atoms with Gasteiger partial charge < -0.3 is 22.1 Å². The predicted octanol–water partition coefficient (Wildman–Crippen LogP) is 6.20. The molecule has 0 saturated carbocycles. The lowest BCUT2D eigenvalue weighted by Crippen LogP contribution is -2.54. The Bertz CT molecular complexity index is 1530. The quantitative estimate of drug-likeness (QED) is 0.185. The lowest BCUT2D eigenvalue weighted by molar-refractivity contribution is -0.122. The van der Waals surface area contributed by atoms with Gasteiger partial charge in [-0.15, -0.1) is 0 Å². The van der Waals surface area contributed by atoms with Gasteiger partial charge in [0.05, 0.1) is 17.4 Å². The van der Waals surface area contributed by atoms with Crippen LogP contribution in [0.5, 0.6) is 0 Å². The van der Waals surface area contributed by atoms with E-state index < -0.39 is 6.04 Å². The SMILES string of the molecule is CC1(N)CCN(C(Cc2ccc(C(=O)Nc3cc(-c4ccccc4)ccc3N)cc2)C(=O)Nc2ccc(Cl)cc2)CC1. The molecule has 42 heavy (non-hydrogen) atoms. The number of nitrogens with zero attached hydrogens (tertiary/aromatic N) is 1. The Morgan fingerprint density at radius 3 is 2.21 bits per heavy atom. The Morgan fingerprint density at radius 2 is 1.55 bits per heavy atom. The standard InChI is InChI=1S/C34H36ClN5O2/c1-34(37)17-19-40(20-18-34)31(33(42)38-28-14-12-27(35)13-15-28)21-23-7-9-25(10-8-23)32(41)39-30-22-26(11-16-29(30)36)24-5-3-2-4-6-24/h2-16,22,31H,17-21,36-37H2,1H3,(H,38,42)(H,39,41). The minimum Gasteiger partial charge on any atom is -0.397 e. The van der Waals surface area contributed by atoms with Crippen molar-refractivity contribution < 1.29 is 9.59 Å². The normalized spacial score (nSPS) is 15.5. The molecule has 1 heterocycles. The van der Waals surface area contributed by atoms with Crippen LogP contribution >= 0.6 is 11.6 Å². The van der Waals surface area contributed by atoms with E-state index in [1.807, 2.05) is 54.6 Å². The molecule has 0 aromatic heterocycles. The molecule has 4 aromatic rings. The second-order valence-corrected chi connectivity index (χ2v) is 11.7. The highest BCUT2D eigenvalue weighted by molar-refractivity contribution is 6.30. The molecular formula is C34H36ClN5O2. The van der Waals surface area contributed by atoms with Gasteiger partial charge in [0.15, 0.2) is 0 Å². The third kappa shape index (κ3) is 7.36. The lowest BCUT2D eigenvalue weighted by Gasteiger charge is -2.40. The first-order chi connectivity index (χ1) is 20.2. The summed E-state index contributed by atoms with van der Waals surface area (Å²) in [6.07, 6.45) is 2.12. The van der Waals surface area contributed by atoms with E-state index in [-0.39, 0.29) is 17.4 Å². The van der Waals surface area contributed by atoms with Crippen molar-refractivity contribution in [3.05, 3.63) is 113 Å². The molecule has 1 aliphatic heterocycles. The number of amides is 2. The molecule has 8 heteroatoms. The van der Waals surface area contributed by atoms with Gasteiger partial charge in [0.2, 0.25) is 5.91 Å². The van der Waals surface area contributed by atoms with Crippen LogP contribution in [0.2, 0.25) is 5.02 Å². The minimum atomic E-state index is -0.392. The summed E-state index contributed by atoms with van der Waals surface area (Å²) in [5.41, 5.74) is 17.5. The fraction of sp³-hybridized carbons (Fsp3) is 0.235. The Balaban J connectivity index is 1.29. The van der Waals surface area contributed by atoms with Gasteiger partial charge in [-0.05, 0) is 91.4 Å². The van der Waals surface area contributed by atoms with Gasteiger partial charge in [-0.3, -0.25) is 14.5 Å². The Morgan fingerprint density at radius 1 is 0.881 bits per heavy atom. The van der Waals surface area contributed by atoms with E-state index in [0.29, 0.717) is 34.1 Å². The van der Waals surface area contributed by atoms with Crippen LogP contribution in [0.4, 0.5) is 17.1 Å². The smallest absolute Gasteiger partial charge is 0.255 e. The first-order valence-corrected chi connectivity index (χ1v) is 14.5. The van der Waals surface area contributed by atoms with Gasteiger partial charge in [0.25, 0.3) is 5.91 Å². The summed E-state index contributed by atoms with van der Waals surface area (Å²) in [4.78, 5) is 28.8. The highest BCUT2D eigenvalue weighted by atomic mass is 35.5. The van der Waals surface area contributed by atoms with Crippen LogP contribution in [0, 0.1) is 0 Å². The van der Waals surface area contributed by atoms with E-state index in [1.165, 1.54) is 0 Å². The Hall–Kier alpha value is -4.17. The predicted molar refractivity (Wildman–Crippen MR) is 172 cm³/mol. The number of rotatable bonds is 8. The second kappa shape index (κ2) is 12.8. The number of piperidine rings is 1. The summed E-state index contributed by atoms with van der Waals surface area (Å²) in [5, 5.41) is 6.60. The van der Waals surface area contributed by atoms with Crippen molar-refractivity contribution in [3.8, 4) is 11.1 Å². The van der Waals surface area contributed by atoms with Gasteiger partial charge in [-0.2, -0.15) is 0 Å². The molecule has 1 unspecified atom stereocenters. The number of likely N-dealkylation sites (tertiary alicyclic amines) is 1. The number of hydrogen-bond donors (Lipinski definition) is 4. The molecule has 7 nitrogen and oxygen atoms in total. The zero-order valence-corrected chi connectivity index (χ0v) is 24.4. The maximum atomic E-state index is 13.5. The highest BCUT2D eigenvalue weighted by Crippen LogP contribution is 2.28. The average Bonchev–Trinajstić information content (AvgIpc) is 2.99. The van der Waals surface area contributed by atoms with Gasteiger partial charge >= 0.3 is 0 Å². The summed E-state index contributed by atoms with van der Waals surface area (Å²) in [6, 6.07) is 29.6. The van der Waals surface area contributed by atoms with Crippen LogP contribution in [0.3, 0.4) is 0 Å². The molecule has 0 aliphatic carbocycles. The van der Waals surface area contributed by atoms with Crippen LogP contribution in [-0.2, 0) is 11.2 Å². The van der Waals surface area contributed by atoms with E-state index in [1.54, 1.807) is 42.5 Å². The van der Waals surface area contributed by atoms with Crippen LogP contribution < -0.4 is 22.1 Å². The fourth-order valence-electron chi connectivity index (χ4n) is 5.18. The number of carbonyl (C=O) groups is 2. The maximum absolute atomic E-state index is 13.5. The summed E-state index contributed by atoms with van der Waals surface area (Å²) in [5.74, 6) is -0.345. The largest absolute Gasteiger partial charge is 0.397 e. The molecule has 5 rings (SSSR count). The monoisotopic (exact) mass is 581 g/mol. The van der Waals surface area contributed by atoms with Crippen molar-refractivity contribution >= 4 is 40.5 Å². The van der Waals surface area contributed by atoms with Crippen molar-refractivity contribution in [1.82, 2.24) is 4.90 Å². The van der Waals surface area contributed by atoms with Gasteiger partial charge in [0, 0.05) is 34.9 Å². The van der Waals surface area contributed by atoms with Crippen molar-refractivity contribution in [1.29, 1.82) is 0 Å². The third-order valence-corrected chi connectivity index (χ3v) is 8.10. The van der Waals surface area contributed by atoms with Crippen LogP contribution in [-0.4, -0.2) is 41.4 Å². The zero-order valence-electron chi connectivity index (χ0n) is 23.6. The van der Waals surface area contributed by atoms with E-state index >= 15 is 0 Å². The molecule has 0 bridgehead atoms. The molecule has 216 valence electrons. The number of nitrogens with two attached hydrogens (primary N) is 2. The molecule has 2 amide bonds. The first-order valence-electron chi connectivity index (χ1n) is 14.1. The third-order valence-electron chi connectivity index (χ3n) is 7.85. The molecular weight excluding hydrogens is 546 g/mol. The average molecular weight is 582 g/mol. The number of anilines is 3. The van der Waals surface area contributed by atoms with Gasteiger partial charge in [0.1, 0.15) is 0 Å². The fourth-order valence-corrected chi connectivity index (χ4v) is 5.30. The Labute approximate surface area is 251 Å². The summed E-state index contributed by atoms with van der Waals surface area (Å²) in [7, 11) is 0.